The molecular weight excluding hydrogens is 404 g/mol. The second kappa shape index (κ2) is 5.57. The first-order valence-electron chi connectivity index (χ1n) is 7.53. The number of carbonyl (C=O) groups is 1. The summed E-state index contributed by atoms with van der Waals surface area (Å²) in [5.74, 6) is -0.217. The van der Waals surface area contributed by atoms with E-state index in [0.29, 0.717) is 27.7 Å². The fourth-order valence-electron chi connectivity index (χ4n) is 2.96. The molecule has 0 unspecified atom stereocenters. The number of amides is 1. The van der Waals surface area contributed by atoms with E-state index in [2.05, 4.69) is 26.0 Å². The van der Waals surface area contributed by atoms with Gasteiger partial charge >= 0.3 is 0 Å². The van der Waals surface area contributed by atoms with Gasteiger partial charge in [0, 0.05) is 32.2 Å². The number of halogens is 1. The lowest BCUT2D eigenvalue weighted by atomic mass is 10.1. The molecule has 5 nitrogen and oxygen atoms in total. The Hall–Kier alpha value is -2.38. The first-order chi connectivity index (χ1) is 11.9. The van der Waals surface area contributed by atoms with Gasteiger partial charge in [0.1, 0.15) is 0 Å². The van der Waals surface area contributed by atoms with Gasteiger partial charge in [0.15, 0.2) is 0 Å². The highest BCUT2D eigenvalue weighted by Gasteiger charge is 2.26. The normalized spacial score (nSPS) is 13.1. The largest absolute Gasteiger partial charge is 0.321 e. The van der Waals surface area contributed by atoms with Gasteiger partial charge in [-0.25, -0.2) is 8.42 Å². The van der Waals surface area contributed by atoms with Crippen LogP contribution in [-0.2, 0) is 10.0 Å². The number of carbonyl (C=O) groups excluding carboxylic acids is 1. The lowest BCUT2D eigenvalue weighted by molar-refractivity contribution is 0.103. The quantitative estimate of drug-likeness (QED) is 0.668. The van der Waals surface area contributed by atoms with Gasteiger partial charge in [0.2, 0.25) is 0 Å². The van der Waals surface area contributed by atoms with Crippen LogP contribution in [0.5, 0.6) is 0 Å². The molecule has 7 heteroatoms. The van der Waals surface area contributed by atoms with Crippen LogP contribution >= 0.6 is 15.9 Å². The molecule has 3 aromatic carbocycles. The molecule has 0 radical (unpaired) electrons. The van der Waals surface area contributed by atoms with Crippen LogP contribution in [0.3, 0.4) is 0 Å². The molecule has 0 atom stereocenters. The van der Waals surface area contributed by atoms with Gasteiger partial charge in [-0.2, -0.15) is 0 Å². The molecule has 0 spiro atoms. The molecule has 1 aliphatic rings. The number of rotatable bonds is 3. The maximum atomic E-state index is 12.9. The Bertz CT molecular complexity index is 1160. The number of nitrogens with one attached hydrogen (secondary N) is 2. The molecule has 1 aliphatic heterocycles. The monoisotopic (exact) mass is 416 g/mol. The molecule has 0 bridgehead atoms. The molecule has 0 fully saturated rings. The minimum Gasteiger partial charge on any atom is -0.321 e. The number of benzene rings is 3. The molecule has 1 amide bonds. The second-order valence-corrected chi connectivity index (χ2v) is 8.37. The van der Waals surface area contributed by atoms with Gasteiger partial charge in [-0.05, 0) is 42.8 Å². The third-order valence-electron chi connectivity index (χ3n) is 4.21. The van der Waals surface area contributed by atoms with E-state index >= 15 is 0 Å². The summed E-state index contributed by atoms with van der Waals surface area (Å²) in [5, 5.41) is 3.91. The molecule has 2 N–H and O–H groups in total. The first kappa shape index (κ1) is 16.1. The molecule has 4 rings (SSSR count). The van der Waals surface area contributed by atoms with Crippen LogP contribution in [0.25, 0.3) is 10.8 Å². The Morgan fingerprint density at radius 1 is 1.08 bits per heavy atom. The van der Waals surface area contributed by atoms with E-state index in [9.17, 15) is 13.2 Å². The van der Waals surface area contributed by atoms with Crippen LogP contribution in [0, 0.1) is 6.92 Å². The average Bonchev–Trinajstić information content (AvgIpc) is 2.89. The molecule has 1 heterocycles. The van der Waals surface area contributed by atoms with Gasteiger partial charge in [-0.1, -0.05) is 34.1 Å². The highest BCUT2D eigenvalue weighted by Crippen LogP contribution is 2.37. The van der Waals surface area contributed by atoms with Crippen molar-refractivity contribution in [3.05, 3.63) is 64.1 Å². The lowest BCUT2D eigenvalue weighted by Crippen LogP contribution is -2.13. The van der Waals surface area contributed by atoms with E-state index in [1.165, 1.54) is 6.07 Å². The molecular formula is C18H13BrN2O3S. The Balaban J connectivity index is 1.85. The van der Waals surface area contributed by atoms with Crippen LogP contribution in [0.2, 0.25) is 0 Å². The summed E-state index contributed by atoms with van der Waals surface area (Å²) in [5.41, 5.74) is 2.60. The molecule has 0 saturated heterocycles. The smallest absolute Gasteiger partial charge is 0.262 e. The van der Waals surface area contributed by atoms with Crippen molar-refractivity contribution in [1.82, 2.24) is 0 Å². The van der Waals surface area contributed by atoms with Crippen LogP contribution in [0.15, 0.2) is 57.9 Å². The highest BCUT2D eigenvalue weighted by atomic mass is 79.9. The molecule has 0 aromatic heterocycles. The lowest BCUT2D eigenvalue weighted by Gasteiger charge is -2.12. The highest BCUT2D eigenvalue weighted by molar-refractivity contribution is 9.10. The maximum Gasteiger partial charge on any atom is 0.262 e. The SMILES string of the molecule is Cc1ccc(NS(=O)(=O)c2ccc3c4c(cccc24)C(=O)N3)cc1Br. The fraction of sp³-hybridized carbons (Fsp3) is 0.0556. The minimum atomic E-state index is -3.80. The summed E-state index contributed by atoms with van der Waals surface area (Å²) in [6.07, 6.45) is 0. The van der Waals surface area contributed by atoms with Crippen molar-refractivity contribution < 1.29 is 13.2 Å². The Morgan fingerprint density at radius 2 is 1.88 bits per heavy atom. The van der Waals surface area contributed by atoms with Crippen LogP contribution in [0.4, 0.5) is 11.4 Å². The van der Waals surface area contributed by atoms with Crippen LogP contribution in [-0.4, -0.2) is 14.3 Å². The third kappa shape index (κ3) is 2.60. The number of hydrogen-bond donors (Lipinski definition) is 2. The predicted octanol–water partition coefficient (Wildman–Crippen LogP) is 4.28. The third-order valence-corrected chi connectivity index (χ3v) is 6.50. The number of sulfonamides is 1. The van der Waals surface area contributed by atoms with Crippen molar-refractivity contribution in [3.63, 3.8) is 0 Å². The van der Waals surface area contributed by atoms with E-state index in [1.807, 2.05) is 13.0 Å². The number of anilines is 2. The summed E-state index contributed by atoms with van der Waals surface area (Å²) < 4.78 is 29.2. The number of aryl methyl sites for hydroxylation is 1. The van der Waals surface area contributed by atoms with Gasteiger partial charge in [-0.15, -0.1) is 0 Å². The molecule has 25 heavy (non-hydrogen) atoms. The van der Waals surface area contributed by atoms with Gasteiger partial charge < -0.3 is 5.32 Å². The topological polar surface area (TPSA) is 75.3 Å². The Kier molecular flexibility index (Phi) is 3.59. The average molecular weight is 417 g/mol. The van der Waals surface area contributed by atoms with Crippen molar-refractivity contribution in [2.24, 2.45) is 0 Å². The van der Waals surface area contributed by atoms with Crippen LogP contribution in [0.1, 0.15) is 15.9 Å². The van der Waals surface area contributed by atoms with Gasteiger partial charge in [0.25, 0.3) is 15.9 Å². The predicted molar refractivity (Wildman–Crippen MR) is 102 cm³/mol. The second-order valence-electron chi connectivity index (χ2n) is 5.86. The summed E-state index contributed by atoms with van der Waals surface area (Å²) in [6.45, 7) is 1.93. The van der Waals surface area contributed by atoms with Crippen molar-refractivity contribution in [1.29, 1.82) is 0 Å². The van der Waals surface area contributed by atoms with E-state index in [0.717, 1.165) is 10.0 Å². The molecule has 126 valence electrons. The zero-order valence-electron chi connectivity index (χ0n) is 13.1. The molecule has 3 aromatic rings. The zero-order valence-corrected chi connectivity index (χ0v) is 15.5. The first-order valence-corrected chi connectivity index (χ1v) is 9.80. The van der Waals surface area contributed by atoms with E-state index in [-0.39, 0.29) is 10.8 Å². The number of hydrogen-bond acceptors (Lipinski definition) is 3. The van der Waals surface area contributed by atoms with Gasteiger partial charge in [-0.3, -0.25) is 9.52 Å². The summed E-state index contributed by atoms with van der Waals surface area (Å²) in [4.78, 5) is 12.1. The molecule has 0 aliphatic carbocycles. The van der Waals surface area contributed by atoms with E-state index in [1.54, 1.807) is 36.4 Å². The van der Waals surface area contributed by atoms with Crippen molar-refractivity contribution in [2.75, 3.05) is 10.0 Å². The summed E-state index contributed by atoms with van der Waals surface area (Å²) >= 11 is 3.40. The summed E-state index contributed by atoms with van der Waals surface area (Å²) in [6, 6.07) is 13.5. The van der Waals surface area contributed by atoms with Crippen molar-refractivity contribution in [2.45, 2.75) is 11.8 Å². The zero-order chi connectivity index (χ0) is 17.8. The summed E-state index contributed by atoms with van der Waals surface area (Å²) in [7, 11) is -3.80. The molecule has 0 saturated carbocycles. The minimum absolute atomic E-state index is 0.140. The van der Waals surface area contributed by atoms with E-state index in [4.69, 9.17) is 0 Å². The van der Waals surface area contributed by atoms with E-state index < -0.39 is 10.0 Å². The fourth-order valence-corrected chi connectivity index (χ4v) is 4.60. The maximum absolute atomic E-state index is 12.9. The Morgan fingerprint density at radius 3 is 2.64 bits per heavy atom. The Labute approximate surface area is 153 Å². The van der Waals surface area contributed by atoms with Crippen molar-refractivity contribution in [3.8, 4) is 0 Å². The van der Waals surface area contributed by atoms with Crippen molar-refractivity contribution >= 4 is 54.0 Å². The van der Waals surface area contributed by atoms with Gasteiger partial charge in [0.05, 0.1) is 4.90 Å². The standard InChI is InChI=1S/C18H13BrN2O3S/c1-10-5-6-11(9-14(10)19)21-25(23,24)16-8-7-15-17-12(16)3-2-4-13(17)18(22)20-15/h2-9,21H,1H3,(H,20,22). The van der Waals surface area contributed by atoms with Crippen LogP contribution < -0.4 is 10.0 Å².